The van der Waals surface area contributed by atoms with Crippen molar-refractivity contribution >= 4 is 12.0 Å². The van der Waals surface area contributed by atoms with Crippen molar-refractivity contribution in [3.8, 4) is 0 Å². The molecule has 8 heteroatoms. The molecule has 0 saturated carbocycles. The Balaban J connectivity index is 4.35. The Morgan fingerprint density at radius 2 is 1.84 bits per heavy atom. The van der Waals surface area contributed by atoms with Crippen molar-refractivity contribution in [2.24, 2.45) is 5.92 Å². The predicted octanol–water partition coefficient (Wildman–Crippen LogP) is 2.08. The first-order valence-corrected chi connectivity index (χ1v) is 5.84. The zero-order valence-electron chi connectivity index (χ0n) is 11.1. The molecule has 2 N–H and O–H groups in total. The number of carbonyl (C=O) groups excluding carboxylic acids is 1. The first-order valence-electron chi connectivity index (χ1n) is 5.84. The van der Waals surface area contributed by atoms with Gasteiger partial charge in [0.1, 0.15) is 6.04 Å². The average molecular weight is 284 g/mol. The zero-order valence-corrected chi connectivity index (χ0v) is 11.1. The third-order valence-corrected chi connectivity index (χ3v) is 2.38. The maximum absolute atomic E-state index is 12.0. The molecule has 1 unspecified atom stereocenters. The van der Waals surface area contributed by atoms with E-state index in [4.69, 9.17) is 5.11 Å². The van der Waals surface area contributed by atoms with E-state index in [0.29, 0.717) is 0 Å². The lowest BCUT2D eigenvalue weighted by molar-refractivity contribution is -0.140. The molecule has 0 aromatic heterocycles. The minimum atomic E-state index is -4.35. The fourth-order valence-electron chi connectivity index (χ4n) is 1.35. The van der Waals surface area contributed by atoms with E-state index in [1.807, 2.05) is 0 Å². The summed E-state index contributed by atoms with van der Waals surface area (Å²) in [7, 11) is 1.19. The van der Waals surface area contributed by atoms with E-state index in [2.05, 4.69) is 5.32 Å². The van der Waals surface area contributed by atoms with Gasteiger partial charge in [0.25, 0.3) is 0 Å². The molecule has 0 aromatic rings. The molecule has 0 bridgehead atoms. The van der Waals surface area contributed by atoms with Crippen LogP contribution in [0.5, 0.6) is 0 Å². The maximum atomic E-state index is 12.0. The highest BCUT2D eigenvalue weighted by atomic mass is 19.4. The topological polar surface area (TPSA) is 69.6 Å². The van der Waals surface area contributed by atoms with Crippen molar-refractivity contribution in [1.29, 1.82) is 0 Å². The minimum absolute atomic E-state index is 0.0434. The summed E-state index contributed by atoms with van der Waals surface area (Å²) in [5, 5.41) is 11.1. The van der Waals surface area contributed by atoms with E-state index in [9.17, 15) is 22.8 Å². The number of nitrogens with zero attached hydrogens (tertiary/aromatic N) is 1. The van der Waals surface area contributed by atoms with Gasteiger partial charge in [-0.15, -0.1) is 0 Å². The highest BCUT2D eigenvalue weighted by Gasteiger charge is 2.29. The van der Waals surface area contributed by atoms with E-state index >= 15 is 0 Å². The number of rotatable bonds is 6. The number of alkyl halides is 3. The van der Waals surface area contributed by atoms with Gasteiger partial charge in [-0.3, -0.25) is 0 Å². The summed E-state index contributed by atoms with van der Waals surface area (Å²) in [4.78, 5) is 23.3. The number of aliphatic carboxylic acids is 1. The molecule has 19 heavy (non-hydrogen) atoms. The normalized spacial score (nSPS) is 13.2. The second kappa shape index (κ2) is 7.20. The van der Waals surface area contributed by atoms with E-state index in [1.165, 1.54) is 7.05 Å². The number of halogens is 3. The summed E-state index contributed by atoms with van der Waals surface area (Å²) >= 11 is 0. The summed E-state index contributed by atoms with van der Waals surface area (Å²) in [5.74, 6) is -1.16. The van der Waals surface area contributed by atoms with Gasteiger partial charge < -0.3 is 15.3 Å². The molecule has 0 fully saturated rings. The summed E-state index contributed by atoms with van der Waals surface area (Å²) in [6.45, 7) is 3.06. The standard InChI is InChI=1S/C11H19F3N2O3/c1-7(2)6-8(9(17)18)15-10(19)16(3)5-4-11(12,13)14/h7-8H,4-6H2,1-3H3,(H,15,19)(H,17,18). The monoisotopic (exact) mass is 284 g/mol. The molecule has 112 valence electrons. The number of hydrogen-bond acceptors (Lipinski definition) is 2. The molecule has 5 nitrogen and oxygen atoms in total. The highest BCUT2D eigenvalue weighted by Crippen LogP contribution is 2.19. The van der Waals surface area contributed by atoms with Gasteiger partial charge in [-0.25, -0.2) is 9.59 Å². The summed E-state index contributed by atoms with van der Waals surface area (Å²) in [6.07, 6.45) is -5.26. The second-order valence-electron chi connectivity index (χ2n) is 4.76. The molecule has 2 amide bonds. The Kier molecular flexibility index (Phi) is 6.64. The van der Waals surface area contributed by atoms with Crippen LogP contribution in [-0.2, 0) is 4.79 Å². The van der Waals surface area contributed by atoms with Crippen LogP contribution in [0.15, 0.2) is 0 Å². The van der Waals surface area contributed by atoms with Crippen LogP contribution in [0.2, 0.25) is 0 Å². The van der Waals surface area contributed by atoms with Crippen LogP contribution < -0.4 is 5.32 Å². The lowest BCUT2D eigenvalue weighted by atomic mass is 10.0. The van der Waals surface area contributed by atoms with Crippen LogP contribution in [0, 0.1) is 5.92 Å². The van der Waals surface area contributed by atoms with Crippen LogP contribution in [0.1, 0.15) is 26.7 Å². The van der Waals surface area contributed by atoms with Crippen molar-refractivity contribution in [3.05, 3.63) is 0 Å². The fraction of sp³-hybridized carbons (Fsp3) is 0.818. The Bertz CT molecular complexity index is 319. The molecule has 1 atom stereocenters. The molecule has 0 rings (SSSR count). The molecule has 0 saturated heterocycles. The van der Waals surface area contributed by atoms with Gasteiger partial charge >= 0.3 is 18.2 Å². The zero-order chi connectivity index (χ0) is 15.2. The van der Waals surface area contributed by atoms with Crippen LogP contribution in [0.3, 0.4) is 0 Å². The molecule has 0 aliphatic carbocycles. The number of amides is 2. The van der Waals surface area contributed by atoms with Crippen molar-refractivity contribution < 1.29 is 27.9 Å². The quantitative estimate of drug-likeness (QED) is 0.784. The third-order valence-electron chi connectivity index (χ3n) is 2.38. The number of hydrogen-bond donors (Lipinski definition) is 2. The number of carbonyl (C=O) groups is 2. The smallest absolute Gasteiger partial charge is 0.390 e. The van der Waals surface area contributed by atoms with Crippen LogP contribution in [-0.4, -0.2) is 47.8 Å². The average Bonchev–Trinajstić information content (AvgIpc) is 2.22. The predicted molar refractivity (Wildman–Crippen MR) is 62.7 cm³/mol. The largest absolute Gasteiger partial charge is 0.480 e. The van der Waals surface area contributed by atoms with Crippen molar-refractivity contribution in [2.45, 2.75) is 38.9 Å². The van der Waals surface area contributed by atoms with Gasteiger partial charge in [-0.1, -0.05) is 13.8 Å². The van der Waals surface area contributed by atoms with Crippen LogP contribution in [0.25, 0.3) is 0 Å². The summed E-state index contributed by atoms with van der Waals surface area (Å²) < 4.78 is 36.0. The molecule has 0 aliphatic heterocycles. The van der Waals surface area contributed by atoms with Crippen molar-refractivity contribution in [2.75, 3.05) is 13.6 Å². The lowest BCUT2D eigenvalue weighted by Crippen LogP contribution is -2.47. The van der Waals surface area contributed by atoms with Gasteiger partial charge in [0.2, 0.25) is 0 Å². The van der Waals surface area contributed by atoms with E-state index in [0.717, 1.165) is 4.90 Å². The third kappa shape index (κ3) is 8.28. The van der Waals surface area contributed by atoms with Gasteiger partial charge in [0.05, 0.1) is 6.42 Å². The van der Waals surface area contributed by atoms with Crippen LogP contribution in [0.4, 0.5) is 18.0 Å². The summed E-state index contributed by atoms with van der Waals surface area (Å²) in [6, 6.07) is -1.92. The number of urea groups is 1. The Morgan fingerprint density at radius 3 is 2.21 bits per heavy atom. The molecule has 0 aliphatic rings. The molecule has 0 spiro atoms. The number of carboxylic acid groups (broad SMARTS) is 1. The minimum Gasteiger partial charge on any atom is -0.480 e. The van der Waals surface area contributed by atoms with Gasteiger partial charge in [0, 0.05) is 13.6 Å². The van der Waals surface area contributed by atoms with E-state index < -0.39 is 37.2 Å². The molecule has 0 aromatic carbocycles. The second-order valence-corrected chi connectivity index (χ2v) is 4.76. The number of carboxylic acids is 1. The fourth-order valence-corrected chi connectivity index (χ4v) is 1.35. The molecule has 0 radical (unpaired) electrons. The Morgan fingerprint density at radius 1 is 1.32 bits per heavy atom. The first-order chi connectivity index (χ1) is 8.53. The summed E-state index contributed by atoms with van der Waals surface area (Å²) in [5.41, 5.74) is 0. The van der Waals surface area contributed by atoms with E-state index in [-0.39, 0.29) is 12.3 Å². The Labute approximate surface area is 109 Å². The highest BCUT2D eigenvalue weighted by molar-refractivity contribution is 5.82. The van der Waals surface area contributed by atoms with Crippen molar-refractivity contribution in [1.82, 2.24) is 10.2 Å². The number of nitrogens with one attached hydrogen (secondary N) is 1. The first kappa shape index (κ1) is 17.5. The molecular formula is C11H19F3N2O3. The SMILES string of the molecule is CC(C)CC(NC(=O)N(C)CCC(F)(F)F)C(=O)O. The Hall–Kier alpha value is -1.47. The van der Waals surface area contributed by atoms with Gasteiger partial charge in [-0.05, 0) is 12.3 Å². The van der Waals surface area contributed by atoms with Gasteiger partial charge in [0.15, 0.2) is 0 Å². The molecule has 0 heterocycles. The van der Waals surface area contributed by atoms with Crippen molar-refractivity contribution in [3.63, 3.8) is 0 Å². The van der Waals surface area contributed by atoms with E-state index in [1.54, 1.807) is 13.8 Å². The lowest BCUT2D eigenvalue weighted by Gasteiger charge is -2.22. The molecular weight excluding hydrogens is 265 g/mol. The maximum Gasteiger partial charge on any atom is 0.390 e. The van der Waals surface area contributed by atoms with Crippen LogP contribution >= 0.6 is 0 Å². The van der Waals surface area contributed by atoms with Gasteiger partial charge in [-0.2, -0.15) is 13.2 Å².